The molecular formula is C23H24F2N2O2. The van der Waals surface area contributed by atoms with E-state index in [1.54, 1.807) is 24.3 Å². The van der Waals surface area contributed by atoms with Crippen molar-refractivity contribution in [3.05, 3.63) is 71.4 Å². The van der Waals surface area contributed by atoms with Crippen molar-refractivity contribution in [2.24, 2.45) is 0 Å². The molecule has 1 heterocycles. The molecule has 1 N–H and O–H groups in total. The van der Waals surface area contributed by atoms with E-state index >= 15 is 0 Å². The van der Waals surface area contributed by atoms with Gasteiger partial charge in [0, 0.05) is 17.6 Å². The average Bonchev–Trinajstić information content (AvgIpc) is 2.71. The first-order chi connectivity index (χ1) is 14.0. The minimum absolute atomic E-state index is 0.0640. The SMILES string of the molecule is CCCC[C@H](C)NC(=O)c1ccnc2c(OCc3c(F)cccc3F)cccc12. The number of benzene rings is 2. The van der Waals surface area contributed by atoms with E-state index in [0.29, 0.717) is 22.2 Å². The number of carbonyl (C=O) groups excluding carboxylic acids is 1. The number of aromatic nitrogens is 1. The number of pyridine rings is 1. The zero-order chi connectivity index (χ0) is 20.8. The van der Waals surface area contributed by atoms with E-state index in [1.807, 2.05) is 6.92 Å². The first kappa shape index (κ1) is 20.7. The first-order valence-corrected chi connectivity index (χ1v) is 9.75. The van der Waals surface area contributed by atoms with Crippen LogP contribution in [0.25, 0.3) is 10.9 Å². The Bertz CT molecular complexity index is 987. The lowest BCUT2D eigenvalue weighted by Crippen LogP contribution is -2.32. The zero-order valence-corrected chi connectivity index (χ0v) is 16.5. The van der Waals surface area contributed by atoms with Gasteiger partial charge in [0.15, 0.2) is 0 Å². The number of unbranched alkanes of at least 4 members (excludes halogenated alkanes) is 1. The van der Waals surface area contributed by atoms with E-state index in [9.17, 15) is 13.6 Å². The molecule has 0 radical (unpaired) electrons. The van der Waals surface area contributed by atoms with E-state index in [1.165, 1.54) is 24.4 Å². The molecule has 0 aliphatic heterocycles. The van der Waals surface area contributed by atoms with Crippen LogP contribution in [0.15, 0.2) is 48.7 Å². The predicted molar refractivity (Wildman–Crippen MR) is 109 cm³/mol. The van der Waals surface area contributed by atoms with Gasteiger partial charge in [0.2, 0.25) is 0 Å². The Balaban J connectivity index is 1.84. The van der Waals surface area contributed by atoms with Gasteiger partial charge in [-0.3, -0.25) is 9.78 Å². The van der Waals surface area contributed by atoms with E-state index in [2.05, 4.69) is 17.2 Å². The number of rotatable bonds is 8. The smallest absolute Gasteiger partial charge is 0.252 e. The second kappa shape index (κ2) is 9.45. The zero-order valence-electron chi connectivity index (χ0n) is 16.5. The monoisotopic (exact) mass is 398 g/mol. The molecule has 0 bridgehead atoms. The summed E-state index contributed by atoms with van der Waals surface area (Å²) in [6.07, 6.45) is 4.56. The molecule has 152 valence electrons. The van der Waals surface area contributed by atoms with Gasteiger partial charge >= 0.3 is 0 Å². The Hall–Kier alpha value is -3.02. The van der Waals surface area contributed by atoms with Crippen LogP contribution in [0, 0.1) is 11.6 Å². The van der Waals surface area contributed by atoms with Crippen molar-refractivity contribution in [1.82, 2.24) is 10.3 Å². The highest BCUT2D eigenvalue weighted by atomic mass is 19.1. The average molecular weight is 398 g/mol. The number of hydrogen-bond acceptors (Lipinski definition) is 3. The summed E-state index contributed by atoms with van der Waals surface area (Å²) in [7, 11) is 0. The van der Waals surface area contributed by atoms with E-state index < -0.39 is 11.6 Å². The first-order valence-electron chi connectivity index (χ1n) is 9.75. The van der Waals surface area contributed by atoms with Gasteiger partial charge in [0.25, 0.3) is 5.91 Å². The largest absolute Gasteiger partial charge is 0.486 e. The second-order valence-electron chi connectivity index (χ2n) is 7.02. The molecule has 0 unspecified atom stereocenters. The third-order valence-electron chi connectivity index (χ3n) is 4.78. The van der Waals surface area contributed by atoms with Crippen molar-refractivity contribution in [3.63, 3.8) is 0 Å². The van der Waals surface area contributed by atoms with Gasteiger partial charge in [0.1, 0.15) is 29.5 Å². The Morgan fingerprint density at radius 2 is 1.86 bits per heavy atom. The summed E-state index contributed by atoms with van der Waals surface area (Å²) in [6, 6.07) is 10.6. The number of carbonyl (C=O) groups is 1. The Morgan fingerprint density at radius 1 is 1.14 bits per heavy atom. The van der Waals surface area contributed by atoms with Crippen molar-refractivity contribution in [3.8, 4) is 5.75 Å². The van der Waals surface area contributed by atoms with Gasteiger partial charge in [-0.05, 0) is 37.6 Å². The highest BCUT2D eigenvalue weighted by molar-refractivity contribution is 6.07. The van der Waals surface area contributed by atoms with Crippen LogP contribution in [0.2, 0.25) is 0 Å². The van der Waals surface area contributed by atoms with Crippen molar-refractivity contribution in [1.29, 1.82) is 0 Å². The summed E-state index contributed by atoms with van der Waals surface area (Å²) >= 11 is 0. The molecule has 4 nitrogen and oxygen atoms in total. The lowest BCUT2D eigenvalue weighted by atomic mass is 10.1. The molecule has 0 aliphatic carbocycles. The Labute approximate surface area is 168 Å². The van der Waals surface area contributed by atoms with Gasteiger partial charge in [0.05, 0.1) is 11.1 Å². The summed E-state index contributed by atoms with van der Waals surface area (Å²) in [5.41, 5.74) is 0.808. The molecule has 0 spiro atoms. The maximum Gasteiger partial charge on any atom is 0.252 e. The lowest BCUT2D eigenvalue weighted by molar-refractivity contribution is 0.0939. The summed E-state index contributed by atoms with van der Waals surface area (Å²) in [5.74, 6) is -1.16. The number of amides is 1. The van der Waals surface area contributed by atoms with Crippen LogP contribution in [0.4, 0.5) is 8.78 Å². The van der Waals surface area contributed by atoms with Crippen LogP contribution in [0.5, 0.6) is 5.75 Å². The van der Waals surface area contributed by atoms with Gasteiger partial charge < -0.3 is 10.1 Å². The maximum absolute atomic E-state index is 13.9. The molecular weight excluding hydrogens is 374 g/mol. The number of fused-ring (bicyclic) bond motifs is 1. The summed E-state index contributed by atoms with van der Waals surface area (Å²) in [5, 5.41) is 3.63. The molecule has 3 rings (SSSR count). The number of hydrogen-bond donors (Lipinski definition) is 1. The third-order valence-corrected chi connectivity index (χ3v) is 4.78. The number of para-hydroxylation sites is 1. The van der Waals surface area contributed by atoms with Gasteiger partial charge in [-0.2, -0.15) is 0 Å². The van der Waals surface area contributed by atoms with E-state index in [4.69, 9.17) is 4.74 Å². The molecule has 0 aliphatic rings. The standard InChI is InChI=1S/C23H24F2N2O2/c1-3-4-7-15(2)27-23(28)17-12-13-26-22-16(17)8-5-11-21(22)29-14-18-19(24)9-6-10-20(18)25/h5-6,8-13,15H,3-4,7,14H2,1-2H3,(H,27,28)/t15-/m0/s1. The van der Waals surface area contributed by atoms with Gasteiger partial charge in [-0.25, -0.2) is 8.78 Å². The van der Waals surface area contributed by atoms with Crippen LogP contribution in [0.1, 0.15) is 49.0 Å². The summed E-state index contributed by atoms with van der Waals surface area (Å²) in [6.45, 7) is 3.82. The predicted octanol–water partition coefficient (Wildman–Crippen LogP) is 5.40. The second-order valence-corrected chi connectivity index (χ2v) is 7.02. The quantitative estimate of drug-likeness (QED) is 0.553. The fourth-order valence-corrected chi connectivity index (χ4v) is 3.17. The normalized spacial score (nSPS) is 12.0. The molecule has 0 saturated heterocycles. The molecule has 2 aromatic carbocycles. The van der Waals surface area contributed by atoms with Crippen molar-refractivity contribution in [2.75, 3.05) is 0 Å². The van der Waals surface area contributed by atoms with Gasteiger partial charge in [-0.15, -0.1) is 0 Å². The fourth-order valence-electron chi connectivity index (χ4n) is 3.17. The van der Waals surface area contributed by atoms with Crippen molar-refractivity contribution >= 4 is 16.8 Å². The molecule has 1 amide bonds. The van der Waals surface area contributed by atoms with Crippen LogP contribution in [-0.2, 0) is 6.61 Å². The van der Waals surface area contributed by atoms with E-state index in [0.717, 1.165) is 19.3 Å². The topological polar surface area (TPSA) is 51.2 Å². The highest BCUT2D eigenvalue weighted by Crippen LogP contribution is 2.27. The number of halogens is 2. The van der Waals surface area contributed by atoms with Gasteiger partial charge in [-0.1, -0.05) is 38.0 Å². The summed E-state index contributed by atoms with van der Waals surface area (Å²) < 4.78 is 33.4. The molecule has 29 heavy (non-hydrogen) atoms. The van der Waals surface area contributed by atoms with Crippen LogP contribution >= 0.6 is 0 Å². The minimum atomic E-state index is -0.667. The Kier molecular flexibility index (Phi) is 6.75. The van der Waals surface area contributed by atoms with Crippen molar-refractivity contribution < 1.29 is 18.3 Å². The van der Waals surface area contributed by atoms with Crippen molar-refractivity contribution in [2.45, 2.75) is 45.8 Å². The molecule has 1 atom stereocenters. The van der Waals surface area contributed by atoms with Crippen LogP contribution in [-0.4, -0.2) is 16.9 Å². The number of ether oxygens (including phenoxy) is 1. The molecule has 6 heteroatoms. The third kappa shape index (κ3) is 4.88. The highest BCUT2D eigenvalue weighted by Gasteiger charge is 2.16. The van der Waals surface area contributed by atoms with E-state index in [-0.39, 0.29) is 24.1 Å². The molecule has 0 saturated carbocycles. The van der Waals surface area contributed by atoms with Crippen LogP contribution < -0.4 is 10.1 Å². The fraction of sp³-hybridized carbons (Fsp3) is 0.304. The molecule has 3 aromatic rings. The number of nitrogens with one attached hydrogen (secondary N) is 1. The summed E-state index contributed by atoms with van der Waals surface area (Å²) in [4.78, 5) is 17.1. The van der Waals surface area contributed by atoms with Crippen LogP contribution in [0.3, 0.4) is 0 Å². The lowest BCUT2D eigenvalue weighted by Gasteiger charge is -2.15. The Morgan fingerprint density at radius 3 is 2.59 bits per heavy atom. The molecule has 0 fully saturated rings. The molecule has 1 aromatic heterocycles. The number of nitrogens with zero attached hydrogens (tertiary/aromatic N) is 1. The maximum atomic E-state index is 13.9. The minimum Gasteiger partial charge on any atom is -0.486 e.